The van der Waals surface area contributed by atoms with Crippen LogP contribution < -0.4 is 5.32 Å². The quantitative estimate of drug-likeness (QED) is 0.830. The van der Waals surface area contributed by atoms with Gasteiger partial charge < -0.3 is 15.0 Å². The molecule has 4 aliphatic rings. The number of hydrogen-bond acceptors (Lipinski definition) is 3. The molecule has 0 radical (unpaired) electrons. The number of hydrogen-bond donors (Lipinski definition) is 1. The molecule has 2 aliphatic heterocycles. The van der Waals surface area contributed by atoms with E-state index in [0.717, 1.165) is 44.8 Å². The topological polar surface area (TPSA) is 58.6 Å². The predicted octanol–water partition coefficient (Wildman–Crippen LogP) is 2.49. The normalized spacial score (nSPS) is 30.1. The maximum atomic E-state index is 12.9. The molecule has 1 atom stereocenters. The lowest BCUT2D eigenvalue weighted by molar-refractivity contribution is -0.168. The maximum absolute atomic E-state index is 12.9. The van der Waals surface area contributed by atoms with Crippen LogP contribution in [0.4, 0.5) is 0 Å². The summed E-state index contributed by atoms with van der Waals surface area (Å²) in [5.41, 5.74) is -0.317. The monoisotopic (exact) mass is 348 g/mol. The molecule has 140 valence electrons. The second-order valence-corrected chi connectivity index (χ2v) is 9.30. The molecule has 1 spiro atoms. The Labute approximate surface area is 150 Å². The van der Waals surface area contributed by atoms with Gasteiger partial charge in [-0.15, -0.1) is 0 Å². The minimum absolute atomic E-state index is 0.152. The fraction of sp³-hybridized carbons (Fsp3) is 0.900. The fourth-order valence-electron chi connectivity index (χ4n) is 4.93. The van der Waals surface area contributed by atoms with Gasteiger partial charge in [-0.3, -0.25) is 9.59 Å². The summed E-state index contributed by atoms with van der Waals surface area (Å²) >= 11 is 0. The summed E-state index contributed by atoms with van der Waals surface area (Å²) in [6, 6.07) is 0. The maximum Gasteiger partial charge on any atom is 0.228 e. The van der Waals surface area contributed by atoms with Crippen LogP contribution in [0.25, 0.3) is 0 Å². The summed E-state index contributed by atoms with van der Waals surface area (Å²) in [6.45, 7) is 5.10. The van der Waals surface area contributed by atoms with Gasteiger partial charge in [0.2, 0.25) is 11.8 Å². The molecule has 2 heterocycles. The van der Waals surface area contributed by atoms with Crippen LogP contribution in [0.3, 0.4) is 0 Å². The van der Waals surface area contributed by atoms with Crippen molar-refractivity contribution in [3.8, 4) is 0 Å². The standard InChI is InChI=1S/C20H32N2O3/c1-19(7-3-2-4-8-19)18(24)22-13-20(14-22)10-16(12-25-20)9-17(23)21-11-15-5-6-15/h15-16H,2-14H2,1H3,(H,21,23). The molecule has 25 heavy (non-hydrogen) atoms. The number of nitrogens with one attached hydrogen (secondary N) is 1. The number of ether oxygens (including phenoxy) is 1. The van der Waals surface area contributed by atoms with Gasteiger partial charge in [-0.1, -0.05) is 26.2 Å². The van der Waals surface area contributed by atoms with Gasteiger partial charge in [-0.05, 0) is 43.9 Å². The summed E-state index contributed by atoms with van der Waals surface area (Å²) in [5.74, 6) is 1.52. The summed E-state index contributed by atoms with van der Waals surface area (Å²) in [5, 5.41) is 3.05. The largest absolute Gasteiger partial charge is 0.371 e. The second kappa shape index (κ2) is 6.57. The first-order valence-electron chi connectivity index (χ1n) is 10.2. The van der Waals surface area contributed by atoms with Gasteiger partial charge >= 0.3 is 0 Å². The van der Waals surface area contributed by atoms with E-state index >= 15 is 0 Å². The van der Waals surface area contributed by atoms with Gasteiger partial charge in [0.1, 0.15) is 5.60 Å². The van der Waals surface area contributed by atoms with E-state index < -0.39 is 0 Å². The van der Waals surface area contributed by atoms with E-state index in [1.54, 1.807) is 0 Å². The lowest BCUT2D eigenvalue weighted by Gasteiger charge is -2.50. The summed E-state index contributed by atoms with van der Waals surface area (Å²) in [6.07, 6.45) is 9.69. The van der Waals surface area contributed by atoms with Crippen molar-refractivity contribution in [2.45, 2.75) is 70.3 Å². The average Bonchev–Trinajstić information content (AvgIpc) is 3.30. The van der Waals surface area contributed by atoms with Crippen LogP contribution in [-0.4, -0.2) is 48.6 Å². The van der Waals surface area contributed by atoms with Crippen molar-refractivity contribution in [2.24, 2.45) is 17.3 Å². The zero-order valence-corrected chi connectivity index (χ0v) is 15.5. The second-order valence-electron chi connectivity index (χ2n) is 9.30. The molecule has 2 saturated heterocycles. The van der Waals surface area contributed by atoms with Crippen LogP contribution in [0.2, 0.25) is 0 Å². The van der Waals surface area contributed by atoms with Gasteiger partial charge in [-0.2, -0.15) is 0 Å². The zero-order valence-electron chi connectivity index (χ0n) is 15.5. The SMILES string of the molecule is CC1(C(=O)N2CC3(CC(CC(=O)NCC4CC4)CO3)C2)CCCCC1. The molecule has 0 aromatic carbocycles. The third-order valence-corrected chi connectivity index (χ3v) is 6.76. The molecule has 2 amide bonds. The van der Waals surface area contributed by atoms with Crippen LogP contribution in [0, 0.1) is 17.3 Å². The highest BCUT2D eigenvalue weighted by atomic mass is 16.5. The van der Waals surface area contributed by atoms with Crippen molar-refractivity contribution < 1.29 is 14.3 Å². The Kier molecular flexibility index (Phi) is 4.55. The lowest BCUT2D eigenvalue weighted by Crippen LogP contribution is -2.65. The van der Waals surface area contributed by atoms with E-state index in [0.29, 0.717) is 24.9 Å². The van der Waals surface area contributed by atoms with Crippen molar-refractivity contribution in [2.75, 3.05) is 26.2 Å². The third kappa shape index (κ3) is 3.71. The number of carbonyl (C=O) groups is 2. The Morgan fingerprint density at radius 2 is 1.84 bits per heavy atom. The van der Waals surface area contributed by atoms with Crippen LogP contribution in [0.1, 0.15) is 64.7 Å². The van der Waals surface area contributed by atoms with Crippen molar-refractivity contribution in [3.05, 3.63) is 0 Å². The average molecular weight is 348 g/mol. The first kappa shape index (κ1) is 17.3. The highest BCUT2D eigenvalue weighted by Crippen LogP contribution is 2.43. The van der Waals surface area contributed by atoms with Crippen molar-refractivity contribution >= 4 is 11.8 Å². The molecule has 0 aromatic rings. The molecule has 4 rings (SSSR count). The Morgan fingerprint density at radius 1 is 1.12 bits per heavy atom. The molecule has 1 N–H and O–H groups in total. The minimum Gasteiger partial charge on any atom is -0.371 e. The van der Waals surface area contributed by atoms with Crippen LogP contribution in [0.15, 0.2) is 0 Å². The number of rotatable bonds is 5. The van der Waals surface area contributed by atoms with Gasteiger partial charge in [0.15, 0.2) is 0 Å². The Morgan fingerprint density at radius 3 is 2.52 bits per heavy atom. The van der Waals surface area contributed by atoms with Crippen molar-refractivity contribution in [1.82, 2.24) is 10.2 Å². The highest BCUT2D eigenvalue weighted by molar-refractivity contribution is 5.83. The van der Waals surface area contributed by atoms with E-state index in [4.69, 9.17) is 4.74 Å². The molecule has 2 aliphatic carbocycles. The predicted molar refractivity (Wildman–Crippen MR) is 94.9 cm³/mol. The molecule has 2 saturated carbocycles. The van der Waals surface area contributed by atoms with E-state index in [9.17, 15) is 9.59 Å². The van der Waals surface area contributed by atoms with Crippen molar-refractivity contribution in [1.29, 1.82) is 0 Å². The Hall–Kier alpha value is -1.10. The van der Waals surface area contributed by atoms with Crippen molar-refractivity contribution in [3.63, 3.8) is 0 Å². The van der Waals surface area contributed by atoms with Gasteiger partial charge in [0.25, 0.3) is 0 Å². The van der Waals surface area contributed by atoms with Gasteiger partial charge in [-0.25, -0.2) is 0 Å². The first-order valence-corrected chi connectivity index (χ1v) is 10.2. The molecule has 0 bridgehead atoms. The van der Waals surface area contributed by atoms with E-state index in [1.165, 1.54) is 32.1 Å². The van der Waals surface area contributed by atoms with E-state index in [2.05, 4.69) is 12.2 Å². The Balaban J connectivity index is 1.22. The molecular weight excluding hydrogens is 316 g/mol. The highest BCUT2D eigenvalue weighted by Gasteiger charge is 2.53. The smallest absolute Gasteiger partial charge is 0.228 e. The van der Waals surface area contributed by atoms with Crippen LogP contribution in [-0.2, 0) is 14.3 Å². The third-order valence-electron chi connectivity index (χ3n) is 6.76. The molecule has 5 heteroatoms. The summed E-state index contributed by atoms with van der Waals surface area (Å²) in [4.78, 5) is 26.9. The number of amides is 2. The number of nitrogens with zero attached hydrogens (tertiary/aromatic N) is 1. The molecule has 1 unspecified atom stereocenters. The fourth-order valence-corrected chi connectivity index (χ4v) is 4.93. The molecule has 0 aromatic heterocycles. The van der Waals surface area contributed by atoms with E-state index in [1.807, 2.05) is 4.90 Å². The summed E-state index contributed by atoms with van der Waals surface area (Å²) < 4.78 is 6.05. The van der Waals surface area contributed by atoms with Crippen LogP contribution >= 0.6 is 0 Å². The Bertz CT molecular complexity index is 531. The molecule has 5 nitrogen and oxygen atoms in total. The van der Waals surface area contributed by atoms with Gasteiger partial charge in [0, 0.05) is 18.4 Å². The number of carbonyl (C=O) groups excluding carboxylic acids is 2. The zero-order chi connectivity index (χ0) is 17.5. The van der Waals surface area contributed by atoms with Gasteiger partial charge in [0.05, 0.1) is 19.7 Å². The van der Waals surface area contributed by atoms with E-state index in [-0.39, 0.29) is 16.9 Å². The molecule has 4 fully saturated rings. The number of likely N-dealkylation sites (tertiary alicyclic amines) is 1. The lowest BCUT2D eigenvalue weighted by atomic mass is 9.73. The van der Waals surface area contributed by atoms with Crippen LogP contribution in [0.5, 0.6) is 0 Å². The summed E-state index contributed by atoms with van der Waals surface area (Å²) in [7, 11) is 0. The first-order chi connectivity index (χ1) is 12.0. The molecular formula is C20H32N2O3. The minimum atomic E-state index is -0.165.